The Kier molecular flexibility index (Phi) is 11.0. The number of hydrogen-bond acceptors (Lipinski definition) is 7. The summed E-state index contributed by atoms with van der Waals surface area (Å²) in [6.07, 6.45) is 0.477. The van der Waals surface area contributed by atoms with E-state index in [2.05, 4.69) is 14.9 Å². The highest BCUT2D eigenvalue weighted by Crippen LogP contribution is 2.20. The molecule has 1 fully saturated rings. The monoisotopic (exact) mass is 553 g/mol. The minimum Gasteiger partial charge on any atom is -0.445 e. The van der Waals surface area contributed by atoms with Crippen LogP contribution in [0, 0.1) is 0 Å². The minimum absolute atomic E-state index is 0.136. The molecule has 2 aromatic rings. The molecule has 1 unspecified atom stereocenters. The van der Waals surface area contributed by atoms with Crippen LogP contribution in [0.25, 0.3) is 0 Å². The first-order valence-electron chi connectivity index (χ1n) is 11.9. The maximum Gasteiger partial charge on any atom is 0.407 e. The summed E-state index contributed by atoms with van der Waals surface area (Å²) in [5, 5.41) is 12.3. The van der Waals surface area contributed by atoms with Gasteiger partial charge in [0.1, 0.15) is 12.6 Å². The molecule has 4 N–H and O–H groups in total. The van der Waals surface area contributed by atoms with Crippen molar-refractivity contribution in [2.75, 3.05) is 37.6 Å². The van der Waals surface area contributed by atoms with Crippen LogP contribution in [0.4, 0.5) is 10.5 Å². The van der Waals surface area contributed by atoms with Gasteiger partial charge in [-0.3, -0.25) is 10.0 Å². The number of anilines is 1. The average Bonchev–Trinajstić information content (AvgIpc) is 2.91. The van der Waals surface area contributed by atoms with E-state index in [4.69, 9.17) is 21.5 Å². The molecule has 1 heterocycles. The van der Waals surface area contributed by atoms with Crippen LogP contribution in [0.1, 0.15) is 24.8 Å². The van der Waals surface area contributed by atoms with Gasteiger partial charge < -0.3 is 15.0 Å². The molecule has 13 heteroatoms. The van der Waals surface area contributed by atoms with Gasteiger partial charge in [0, 0.05) is 43.4 Å². The largest absolute Gasteiger partial charge is 0.445 e. The van der Waals surface area contributed by atoms with Crippen LogP contribution in [-0.2, 0) is 26.3 Å². The Hall–Kier alpha value is -2.90. The highest BCUT2D eigenvalue weighted by atomic mass is 35.5. The van der Waals surface area contributed by atoms with Crippen molar-refractivity contribution >= 4 is 39.5 Å². The molecule has 11 nitrogen and oxygen atoms in total. The highest BCUT2D eigenvalue weighted by Gasteiger charge is 2.31. The number of hydrogen-bond donors (Lipinski definition) is 4. The van der Waals surface area contributed by atoms with E-state index in [0.29, 0.717) is 37.5 Å². The summed E-state index contributed by atoms with van der Waals surface area (Å²) in [5.41, 5.74) is 3.34. The number of rotatable bonds is 12. The molecule has 1 aliphatic rings. The van der Waals surface area contributed by atoms with Gasteiger partial charge in [0.2, 0.25) is 0 Å². The molecule has 3 rings (SSSR count). The Bertz CT molecular complexity index is 1110. The predicted molar refractivity (Wildman–Crippen MR) is 139 cm³/mol. The molecule has 2 aromatic carbocycles. The quantitative estimate of drug-likeness (QED) is 0.179. The predicted octanol–water partition coefficient (Wildman–Crippen LogP) is 2.27. The Morgan fingerprint density at radius 1 is 1.00 bits per heavy atom. The standard InChI is InChI=1S/C24H32ClN5O6S/c25-20-9-11-21(12-10-20)29-14-16-30(17-15-29)37(34,35)28-22(23(31)27-33)8-4-5-13-26-24(32)36-18-19-6-2-1-3-7-19/h1-3,6-7,9-12,22,28,33H,4-5,8,13-18H2,(H,26,32)(H,27,31). The molecule has 0 radical (unpaired) electrons. The molecule has 1 atom stereocenters. The van der Waals surface area contributed by atoms with E-state index in [1.807, 2.05) is 42.5 Å². The molecule has 0 aliphatic carbocycles. The Morgan fingerprint density at radius 3 is 2.32 bits per heavy atom. The third-order valence-corrected chi connectivity index (χ3v) is 7.77. The van der Waals surface area contributed by atoms with E-state index >= 15 is 0 Å². The lowest BCUT2D eigenvalue weighted by Gasteiger charge is -2.35. The summed E-state index contributed by atoms with van der Waals surface area (Å²) in [5.74, 6) is -0.849. The third-order valence-electron chi connectivity index (χ3n) is 5.89. The van der Waals surface area contributed by atoms with Crippen molar-refractivity contribution in [2.24, 2.45) is 0 Å². The summed E-state index contributed by atoms with van der Waals surface area (Å²) >= 11 is 5.93. The summed E-state index contributed by atoms with van der Waals surface area (Å²) < 4.78 is 34.6. The molecule has 0 bridgehead atoms. The lowest BCUT2D eigenvalue weighted by molar-refractivity contribution is -0.131. The van der Waals surface area contributed by atoms with Crippen LogP contribution >= 0.6 is 11.6 Å². The van der Waals surface area contributed by atoms with Crippen molar-refractivity contribution in [3.63, 3.8) is 0 Å². The first-order chi connectivity index (χ1) is 17.8. The molecular weight excluding hydrogens is 522 g/mol. The van der Waals surface area contributed by atoms with E-state index in [9.17, 15) is 18.0 Å². The highest BCUT2D eigenvalue weighted by molar-refractivity contribution is 7.87. The number of carbonyl (C=O) groups is 2. The number of amides is 2. The van der Waals surface area contributed by atoms with Gasteiger partial charge in [0.25, 0.3) is 16.1 Å². The van der Waals surface area contributed by atoms with Crippen molar-refractivity contribution < 1.29 is 28.0 Å². The van der Waals surface area contributed by atoms with Crippen LogP contribution < -0.4 is 20.4 Å². The number of alkyl carbamates (subject to hydrolysis) is 1. The lowest BCUT2D eigenvalue weighted by atomic mass is 10.1. The molecule has 1 aliphatic heterocycles. The van der Waals surface area contributed by atoms with Crippen molar-refractivity contribution in [1.82, 2.24) is 19.8 Å². The van der Waals surface area contributed by atoms with E-state index in [0.717, 1.165) is 11.3 Å². The van der Waals surface area contributed by atoms with Crippen LogP contribution in [0.3, 0.4) is 0 Å². The zero-order chi connectivity index (χ0) is 26.7. The summed E-state index contributed by atoms with van der Waals surface area (Å²) in [7, 11) is -3.97. The zero-order valence-electron chi connectivity index (χ0n) is 20.3. The summed E-state index contributed by atoms with van der Waals surface area (Å²) in [6, 6.07) is 15.4. The Balaban J connectivity index is 1.40. The number of nitrogens with one attached hydrogen (secondary N) is 3. The van der Waals surface area contributed by atoms with Gasteiger partial charge in [-0.25, -0.2) is 10.3 Å². The van der Waals surface area contributed by atoms with Gasteiger partial charge >= 0.3 is 6.09 Å². The van der Waals surface area contributed by atoms with Gasteiger partial charge in [0.05, 0.1) is 0 Å². The van der Waals surface area contributed by atoms with E-state index < -0.39 is 28.3 Å². The number of carbonyl (C=O) groups excluding carboxylic acids is 2. The Labute approximate surface area is 221 Å². The molecule has 1 saturated heterocycles. The second-order valence-electron chi connectivity index (χ2n) is 8.50. The number of piperazine rings is 1. The molecule has 202 valence electrons. The molecular formula is C24H32ClN5O6S. The van der Waals surface area contributed by atoms with Gasteiger partial charge in [-0.05, 0) is 49.1 Å². The topological polar surface area (TPSA) is 140 Å². The van der Waals surface area contributed by atoms with Crippen LogP contribution in [0.2, 0.25) is 5.02 Å². The fourth-order valence-corrected chi connectivity index (χ4v) is 5.36. The first kappa shape index (κ1) is 28.7. The van der Waals surface area contributed by atoms with Crippen LogP contribution in [0.5, 0.6) is 0 Å². The molecule has 2 amide bonds. The summed E-state index contributed by atoms with van der Waals surface area (Å²) in [6.45, 7) is 1.87. The number of ether oxygens (including phenoxy) is 1. The van der Waals surface area contributed by atoms with Crippen molar-refractivity contribution in [3.05, 3.63) is 65.2 Å². The smallest absolute Gasteiger partial charge is 0.407 e. The number of hydroxylamine groups is 1. The normalized spacial score (nSPS) is 15.1. The van der Waals surface area contributed by atoms with Crippen molar-refractivity contribution in [3.8, 4) is 0 Å². The number of unbranched alkanes of at least 4 members (excludes halogenated alkanes) is 1. The van der Waals surface area contributed by atoms with Gasteiger partial charge in [-0.1, -0.05) is 41.9 Å². The average molecular weight is 554 g/mol. The Morgan fingerprint density at radius 2 is 1.68 bits per heavy atom. The van der Waals surface area contributed by atoms with E-state index in [1.54, 1.807) is 12.1 Å². The molecule has 0 aromatic heterocycles. The first-order valence-corrected chi connectivity index (χ1v) is 13.8. The van der Waals surface area contributed by atoms with Gasteiger partial charge in [0.15, 0.2) is 0 Å². The molecule has 0 spiro atoms. The fourth-order valence-electron chi connectivity index (χ4n) is 3.85. The van der Waals surface area contributed by atoms with Gasteiger partial charge in [-0.2, -0.15) is 17.4 Å². The fraction of sp³-hybridized carbons (Fsp3) is 0.417. The van der Waals surface area contributed by atoms with E-state index in [-0.39, 0.29) is 26.1 Å². The number of halogens is 1. The molecule has 0 saturated carbocycles. The second kappa shape index (κ2) is 14.1. The number of nitrogens with zero attached hydrogens (tertiary/aromatic N) is 2. The van der Waals surface area contributed by atoms with Crippen molar-refractivity contribution in [2.45, 2.75) is 31.9 Å². The van der Waals surface area contributed by atoms with E-state index in [1.165, 1.54) is 9.79 Å². The SMILES string of the molecule is O=C(NCCCCC(NS(=O)(=O)N1CCN(c2ccc(Cl)cc2)CC1)C(=O)NO)OCc1ccccc1. The third kappa shape index (κ3) is 9.17. The second-order valence-corrected chi connectivity index (χ2v) is 10.6. The van der Waals surface area contributed by atoms with Crippen molar-refractivity contribution in [1.29, 1.82) is 0 Å². The van der Waals surface area contributed by atoms with Crippen LogP contribution in [-0.4, -0.2) is 68.7 Å². The minimum atomic E-state index is -3.97. The number of benzene rings is 2. The van der Waals surface area contributed by atoms with Crippen LogP contribution in [0.15, 0.2) is 54.6 Å². The maximum atomic E-state index is 12.9. The summed E-state index contributed by atoms with van der Waals surface area (Å²) in [4.78, 5) is 26.0. The molecule has 37 heavy (non-hydrogen) atoms. The van der Waals surface area contributed by atoms with Gasteiger partial charge in [-0.15, -0.1) is 0 Å². The maximum absolute atomic E-state index is 12.9. The zero-order valence-corrected chi connectivity index (χ0v) is 21.9. The lowest BCUT2D eigenvalue weighted by Crippen LogP contribution is -2.56.